The van der Waals surface area contributed by atoms with Crippen LogP contribution >= 0.6 is 0 Å². The maximum absolute atomic E-state index is 12.4. The third-order valence-corrected chi connectivity index (χ3v) is 5.78. The Balaban J connectivity index is 1.33. The van der Waals surface area contributed by atoms with Crippen LogP contribution in [-0.2, 0) is 23.1 Å². The molecular formula is C25H26N4O5. The summed E-state index contributed by atoms with van der Waals surface area (Å²) in [6, 6.07) is 17.2. The van der Waals surface area contributed by atoms with Gasteiger partial charge in [-0.2, -0.15) is 5.10 Å². The van der Waals surface area contributed by atoms with Crippen LogP contribution in [0.3, 0.4) is 0 Å². The summed E-state index contributed by atoms with van der Waals surface area (Å²) in [5.74, 6) is -1.46. The molecule has 0 spiro atoms. The van der Waals surface area contributed by atoms with Gasteiger partial charge in [-0.25, -0.2) is 4.79 Å². The Hall–Kier alpha value is -4.14. The Morgan fingerprint density at radius 3 is 2.32 bits per heavy atom. The molecule has 2 amide bonds. The first-order valence-electron chi connectivity index (χ1n) is 11.0. The van der Waals surface area contributed by atoms with Crippen LogP contribution in [0.1, 0.15) is 46.6 Å². The van der Waals surface area contributed by atoms with Crippen LogP contribution in [0.2, 0.25) is 0 Å². The molecule has 9 heteroatoms. The summed E-state index contributed by atoms with van der Waals surface area (Å²) in [6.45, 7) is 1.90. The van der Waals surface area contributed by atoms with Gasteiger partial charge in [0, 0.05) is 19.0 Å². The van der Waals surface area contributed by atoms with E-state index in [0.29, 0.717) is 5.69 Å². The van der Waals surface area contributed by atoms with Gasteiger partial charge in [0.25, 0.3) is 5.91 Å². The van der Waals surface area contributed by atoms with Crippen molar-refractivity contribution in [1.82, 2.24) is 20.4 Å². The second-order valence-corrected chi connectivity index (χ2v) is 8.30. The Kier molecular flexibility index (Phi) is 6.62. The van der Waals surface area contributed by atoms with E-state index in [1.54, 1.807) is 20.0 Å². The molecule has 4 rings (SSSR count). The van der Waals surface area contributed by atoms with E-state index < -0.39 is 24.0 Å². The van der Waals surface area contributed by atoms with Crippen molar-refractivity contribution in [2.24, 2.45) is 7.05 Å². The number of rotatable bonds is 8. The molecule has 34 heavy (non-hydrogen) atoms. The van der Waals surface area contributed by atoms with Crippen molar-refractivity contribution in [2.45, 2.75) is 31.8 Å². The fraction of sp³-hybridized carbons (Fsp3) is 0.280. The number of aromatic nitrogens is 2. The summed E-state index contributed by atoms with van der Waals surface area (Å²) in [5.41, 5.74) is 5.32. The fourth-order valence-electron chi connectivity index (χ4n) is 4.25. The third kappa shape index (κ3) is 4.93. The van der Waals surface area contributed by atoms with Gasteiger partial charge in [-0.1, -0.05) is 48.5 Å². The van der Waals surface area contributed by atoms with Crippen LogP contribution in [-0.4, -0.2) is 45.5 Å². The summed E-state index contributed by atoms with van der Waals surface area (Å²) >= 11 is 0. The molecule has 0 bridgehead atoms. The van der Waals surface area contributed by atoms with Crippen molar-refractivity contribution in [3.05, 3.63) is 77.1 Å². The standard InChI is InChI=1S/C25H26N4O5/c1-15(11-23(30)31)27-24(32)22-12-16(28-29(22)2)13-26-25(33)34-14-21-19-9-5-3-7-17(19)18-8-4-6-10-20(18)21/h3-10,12,15,21H,11,13-14H2,1-2H3,(H,26,33)(H,27,32)(H,30,31)/t15-/m1/s1. The lowest BCUT2D eigenvalue weighted by molar-refractivity contribution is -0.137. The molecule has 3 N–H and O–H groups in total. The fourth-order valence-corrected chi connectivity index (χ4v) is 4.25. The van der Waals surface area contributed by atoms with Gasteiger partial charge in [-0.05, 0) is 35.2 Å². The average molecular weight is 463 g/mol. The molecule has 0 unspecified atom stereocenters. The van der Waals surface area contributed by atoms with Gasteiger partial charge in [-0.15, -0.1) is 0 Å². The number of nitrogens with one attached hydrogen (secondary N) is 2. The Morgan fingerprint density at radius 2 is 1.71 bits per heavy atom. The van der Waals surface area contributed by atoms with E-state index in [2.05, 4.69) is 40.0 Å². The Morgan fingerprint density at radius 1 is 1.09 bits per heavy atom. The van der Waals surface area contributed by atoms with Crippen molar-refractivity contribution in [1.29, 1.82) is 0 Å². The third-order valence-electron chi connectivity index (χ3n) is 5.78. The number of hydrogen-bond donors (Lipinski definition) is 3. The van der Waals surface area contributed by atoms with E-state index in [1.807, 2.05) is 24.3 Å². The highest BCUT2D eigenvalue weighted by Gasteiger charge is 2.29. The van der Waals surface area contributed by atoms with E-state index in [4.69, 9.17) is 9.84 Å². The normalized spacial score (nSPS) is 13.0. The van der Waals surface area contributed by atoms with E-state index in [9.17, 15) is 14.4 Å². The van der Waals surface area contributed by atoms with Crippen LogP contribution in [0.4, 0.5) is 4.79 Å². The molecule has 0 saturated carbocycles. The molecule has 9 nitrogen and oxygen atoms in total. The lowest BCUT2D eigenvalue weighted by Gasteiger charge is -2.14. The number of ether oxygens (including phenoxy) is 1. The minimum Gasteiger partial charge on any atom is -0.481 e. The highest BCUT2D eigenvalue weighted by atomic mass is 16.5. The van der Waals surface area contributed by atoms with Crippen LogP contribution in [0.5, 0.6) is 0 Å². The predicted octanol–water partition coefficient (Wildman–Crippen LogP) is 3.05. The van der Waals surface area contributed by atoms with Gasteiger partial charge in [0.2, 0.25) is 0 Å². The smallest absolute Gasteiger partial charge is 0.407 e. The van der Waals surface area contributed by atoms with Crippen molar-refractivity contribution in [3.63, 3.8) is 0 Å². The first-order valence-corrected chi connectivity index (χ1v) is 11.0. The number of aliphatic carboxylic acids is 1. The van der Waals surface area contributed by atoms with Crippen molar-refractivity contribution < 1.29 is 24.2 Å². The number of carbonyl (C=O) groups excluding carboxylic acids is 2. The van der Waals surface area contributed by atoms with Crippen LogP contribution < -0.4 is 10.6 Å². The minimum atomic E-state index is -0.995. The van der Waals surface area contributed by atoms with Gasteiger partial charge in [0.05, 0.1) is 18.7 Å². The molecule has 0 radical (unpaired) electrons. The van der Waals surface area contributed by atoms with Gasteiger partial charge in [0.15, 0.2) is 0 Å². The first-order chi connectivity index (χ1) is 16.3. The highest BCUT2D eigenvalue weighted by molar-refractivity contribution is 5.93. The molecule has 2 aromatic carbocycles. The Bertz CT molecular complexity index is 1190. The van der Waals surface area contributed by atoms with Crippen molar-refractivity contribution in [2.75, 3.05) is 6.61 Å². The molecule has 0 saturated heterocycles. The highest BCUT2D eigenvalue weighted by Crippen LogP contribution is 2.44. The zero-order valence-corrected chi connectivity index (χ0v) is 18.9. The van der Waals surface area contributed by atoms with Crippen LogP contribution in [0.25, 0.3) is 11.1 Å². The number of nitrogens with zero attached hydrogens (tertiary/aromatic N) is 2. The first kappa shape index (κ1) is 23.0. The average Bonchev–Trinajstić information content (AvgIpc) is 3.33. The monoisotopic (exact) mass is 462 g/mol. The molecule has 3 aromatic rings. The van der Waals surface area contributed by atoms with Crippen molar-refractivity contribution >= 4 is 18.0 Å². The van der Waals surface area contributed by atoms with Crippen LogP contribution in [0, 0.1) is 0 Å². The van der Waals surface area contributed by atoms with E-state index in [0.717, 1.165) is 22.3 Å². The minimum absolute atomic E-state index is 0.0314. The number of benzene rings is 2. The van der Waals surface area contributed by atoms with E-state index >= 15 is 0 Å². The quantitative estimate of drug-likeness (QED) is 0.473. The summed E-state index contributed by atoms with van der Waals surface area (Å²) in [4.78, 5) is 35.5. The summed E-state index contributed by atoms with van der Waals surface area (Å²) in [6.07, 6.45) is -0.756. The molecule has 1 heterocycles. The summed E-state index contributed by atoms with van der Waals surface area (Å²) in [7, 11) is 1.60. The number of fused-ring (bicyclic) bond motifs is 3. The van der Waals surface area contributed by atoms with Gasteiger partial charge in [-0.3, -0.25) is 14.3 Å². The molecule has 1 aliphatic rings. The second-order valence-electron chi connectivity index (χ2n) is 8.30. The van der Waals surface area contributed by atoms with E-state index in [-0.39, 0.29) is 31.2 Å². The zero-order chi connectivity index (χ0) is 24.2. The van der Waals surface area contributed by atoms with Gasteiger partial charge < -0.3 is 20.5 Å². The lowest BCUT2D eigenvalue weighted by Crippen LogP contribution is -2.35. The lowest BCUT2D eigenvalue weighted by atomic mass is 9.98. The number of hydrogen-bond acceptors (Lipinski definition) is 5. The SMILES string of the molecule is C[C@H](CC(=O)O)NC(=O)c1cc(CNC(=O)OCC2c3ccccc3-c3ccccc32)nn1C. The van der Waals surface area contributed by atoms with Gasteiger partial charge in [0.1, 0.15) is 12.3 Å². The molecule has 1 aromatic heterocycles. The number of carbonyl (C=O) groups is 3. The zero-order valence-electron chi connectivity index (χ0n) is 18.9. The largest absolute Gasteiger partial charge is 0.481 e. The molecular weight excluding hydrogens is 436 g/mol. The number of amides is 2. The summed E-state index contributed by atoms with van der Waals surface area (Å²) in [5, 5.41) is 18.4. The number of carboxylic acid groups (broad SMARTS) is 1. The van der Waals surface area contributed by atoms with Gasteiger partial charge >= 0.3 is 12.1 Å². The number of carboxylic acids is 1. The number of alkyl carbamates (subject to hydrolysis) is 1. The summed E-state index contributed by atoms with van der Waals surface area (Å²) < 4.78 is 6.90. The predicted molar refractivity (Wildman–Crippen MR) is 124 cm³/mol. The maximum Gasteiger partial charge on any atom is 0.407 e. The van der Waals surface area contributed by atoms with Crippen molar-refractivity contribution in [3.8, 4) is 11.1 Å². The molecule has 1 atom stereocenters. The molecule has 1 aliphatic carbocycles. The molecule has 0 fully saturated rings. The molecule has 176 valence electrons. The maximum atomic E-state index is 12.4. The second kappa shape index (κ2) is 9.78. The Labute approximate surface area is 196 Å². The number of aryl methyl sites for hydroxylation is 1. The van der Waals surface area contributed by atoms with Crippen LogP contribution in [0.15, 0.2) is 54.6 Å². The van der Waals surface area contributed by atoms with E-state index in [1.165, 1.54) is 4.68 Å². The topological polar surface area (TPSA) is 123 Å². The molecule has 0 aliphatic heterocycles.